The number of nitrogens with one attached hydrogen (secondary N) is 1. The maximum absolute atomic E-state index is 12.8. The number of rotatable bonds is 8. The van der Waals surface area contributed by atoms with Crippen molar-refractivity contribution >= 4 is 22.8 Å². The predicted molar refractivity (Wildman–Crippen MR) is 139 cm³/mol. The van der Waals surface area contributed by atoms with Gasteiger partial charge in [0.1, 0.15) is 18.2 Å². The number of hydrogen-bond acceptors (Lipinski definition) is 4. The highest BCUT2D eigenvalue weighted by molar-refractivity contribution is 6.01. The van der Waals surface area contributed by atoms with Crippen molar-refractivity contribution in [1.29, 1.82) is 5.26 Å². The van der Waals surface area contributed by atoms with E-state index in [1.165, 1.54) is 11.8 Å². The molecule has 3 aromatic rings. The highest BCUT2D eigenvalue weighted by Crippen LogP contribution is 2.31. The summed E-state index contributed by atoms with van der Waals surface area (Å²) in [6.07, 6.45) is 5.99. The van der Waals surface area contributed by atoms with Crippen LogP contribution in [-0.2, 0) is 11.4 Å². The fourth-order valence-corrected chi connectivity index (χ4v) is 4.67. The molecule has 2 atom stereocenters. The summed E-state index contributed by atoms with van der Waals surface area (Å²) in [6, 6.07) is 22.1. The number of hydrogen-bond donors (Lipinski definition) is 1. The van der Waals surface area contributed by atoms with E-state index in [2.05, 4.69) is 42.6 Å². The number of carbonyl (C=O) groups excluding carboxylic acids is 1. The largest absolute Gasteiger partial charge is 0.490 e. The fraction of sp³-hybridized carbons (Fsp3) is 0.333. The van der Waals surface area contributed by atoms with E-state index in [0.717, 1.165) is 30.2 Å². The lowest BCUT2D eigenvalue weighted by Gasteiger charge is -2.29. The zero-order chi connectivity index (χ0) is 24.6. The molecule has 3 aromatic carbocycles. The monoisotopic (exact) mass is 468 g/mol. The van der Waals surface area contributed by atoms with E-state index < -0.39 is 0 Å². The van der Waals surface area contributed by atoms with Crippen LogP contribution in [0.25, 0.3) is 16.8 Å². The molecule has 1 aliphatic rings. The first-order chi connectivity index (χ1) is 17.1. The quantitative estimate of drug-likeness (QED) is 0.306. The number of nitrogens with zero attached hydrogens (tertiary/aromatic N) is 1. The Labute approximate surface area is 207 Å². The van der Waals surface area contributed by atoms with Crippen LogP contribution in [0, 0.1) is 17.2 Å². The van der Waals surface area contributed by atoms with Crippen molar-refractivity contribution in [1.82, 2.24) is 5.32 Å². The SMILES string of the molecule is CCOc1cc(/C=C(\C#N)C(=O)N[C@@H]2CCCC[C@@H]2C)ccc1OCc1cccc2ccccc12. The van der Waals surface area contributed by atoms with Gasteiger partial charge in [-0.15, -0.1) is 0 Å². The lowest BCUT2D eigenvalue weighted by atomic mass is 9.86. The molecule has 5 heteroatoms. The van der Waals surface area contributed by atoms with Gasteiger partial charge in [0.25, 0.3) is 5.91 Å². The van der Waals surface area contributed by atoms with Crippen molar-refractivity contribution < 1.29 is 14.3 Å². The van der Waals surface area contributed by atoms with Gasteiger partial charge in [-0.05, 0) is 65.8 Å². The average Bonchev–Trinajstić information content (AvgIpc) is 2.88. The van der Waals surface area contributed by atoms with Crippen LogP contribution in [0.3, 0.4) is 0 Å². The lowest BCUT2D eigenvalue weighted by Crippen LogP contribution is -2.41. The summed E-state index contributed by atoms with van der Waals surface area (Å²) < 4.78 is 12.0. The molecule has 180 valence electrons. The van der Waals surface area contributed by atoms with Gasteiger partial charge in [-0.2, -0.15) is 5.26 Å². The van der Waals surface area contributed by atoms with Gasteiger partial charge in [-0.25, -0.2) is 0 Å². The zero-order valence-corrected chi connectivity index (χ0v) is 20.4. The van der Waals surface area contributed by atoms with Gasteiger partial charge in [-0.3, -0.25) is 4.79 Å². The first-order valence-corrected chi connectivity index (χ1v) is 12.4. The molecule has 5 nitrogen and oxygen atoms in total. The zero-order valence-electron chi connectivity index (χ0n) is 20.4. The van der Waals surface area contributed by atoms with Gasteiger partial charge < -0.3 is 14.8 Å². The van der Waals surface area contributed by atoms with Crippen molar-refractivity contribution in [2.45, 2.75) is 52.2 Å². The number of carbonyl (C=O) groups is 1. The standard InChI is InChI=1S/C30H32N2O3/c1-3-34-29-18-22(17-25(19-31)30(33)32-27-14-7-4-9-21(27)2)15-16-28(29)35-20-24-12-8-11-23-10-5-6-13-26(23)24/h5-6,8,10-13,15-18,21,27H,3-4,7,9,14,20H2,1-2H3,(H,32,33)/b25-17+/t21-,27+/m0/s1. The Morgan fingerprint density at radius 2 is 1.86 bits per heavy atom. The summed E-state index contributed by atoms with van der Waals surface area (Å²) in [5, 5.41) is 15.0. The van der Waals surface area contributed by atoms with Crippen LogP contribution in [-0.4, -0.2) is 18.6 Å². The molecule has 0 bridgehead atoms. The van der Waals surface area contributed by atoms with Gasteiger partial charge in [0.2, 0.25) is 0 Å². The Morgan fingerprint density at radius 3 is 2.66 bits per heavy atom. The molecule has 35 heavy (non-hydrogen) atoms. The second-order valence-electron chi connectivity index (χ2n) is 9.08. The Bertz CT molecular complexity index is 1250. The van der Waals surface area contributed by atoms with Crippen molar-refractivity contribution in [3.05, 3.63) is 77.4 Å². The Hall–Kier alpha value is -3.78. The van der Waals surface area contributed by atoms with Crippen molar-refractivity contribution in [2.75, 3.05) is 6.61 Å². The molecule has 1 N–H and O–H groups in total. The van der Waals surface area contributed by atoms with Gasteiger partial charge in [0, 0.05) is 6.04 Å². The van der Waals surface area contributed by atoms with E-state index in [1.54, 1.807) is 6.08 Å². The van der Waals surface area contributed by atoms with Crippen molar-refractivity contribution in [3.8, 4) is 17.6 Å². The molecule has 0 aliphatic heterocycles. The molecule has 0 aromatic heterocycles. The van der Waals surface area contributed by atoms with Crippen LogP contribution in [0.2, 0.25) is 0 Å². The third-order valence-corrected chi connectivity index (χ3v) is 6.63. The number of benzene rings is 3. The molecule has 0 saturated heterocycles. The number of fused-ring (bicyclic) bond motifs is 1. The minimum Gasteiger partial charge on any atom is -0.490 e. The topological polar surface area (TPSA) is 71.3 Å². The third-order valence-electron chi connectivity index (χ3n) is 6.63. The minimum absolute atomic E-state index is 0.0923. The second-order valence-corrected chi connectivity index (χ2v) is 9.08. The predicted octanol–water partition coefficient (Wildman–Crippen LogP) is 6.42. The van der Waals surface area contributed by atoms with Gasteiger partial charge >= 0.3 is 0 Å². The normalized spacial score (nSPS) is 18.0. The van der Waals surface area contributed by atoms with Crippen LogP contribution in [0.5, 0.6) is 11.5 Å². The first-order valence-electron chi connectivity index (χ1n) is 12.4. The van der Waals surface area contributed by atoms with Crippen LogP contribution < -0.4 is 14.8 Å². The molecule has 4 rings (SSSR count). The smallest absolute Gasteiger partial charge is 0.262 e. The second kappa shape index (κ2) is 11.6. The van der Waals surface area contributed by atoms with Crippen LogP contribution >= 0.6 is 0 Å². The van der Waals surface area contributed by atoms with Crippen LogP contribution in [0.4, 0.5) is 0 Å². The summed E-state index contributed by atoms with van der Waals surface area (Å²) in [7, 11) is 0. The molecule has 0 unspecified atom stereocenters. The fourth-order valence-electron chi connectivity index (χ4n) is 4.67. The number of ether oxygens (including phenoxy) is 2. The summed E-state index contributed by atoms with van der Waals surface area (Å²) in [5.74, 6) is 1.31. The van der Waals surface area contributed by atoms with E-state index in [4.69, 9.17) is 9.47 Å². The van der Waals surface area contributed by atoms with Gasteiger partial charge in [0.05, 0.1) is 6.61 Å². The molecule has 1 saturated carbocycles. The molecular weight excluding hydrogens is 436 g/mol. The van der Waals surface area contributed by atoms with Gasteiger partial charge in [0.15, 0.2) is 11.5 Å². The molecular formula is C30H32N2O3. The molecule has 0 spiro atoms. The van der Waals surface area contributed by atoms with Crippen LogP contribution in [0.15, 0.2) is 66.2 Å². The third kappa shape index (κ3) is 6.02. The summed E-state index contributed by atoms with van der Waals surface area (Å²) >= 11 is 0. The molecule has 1 amide bonds. The van der Waals surface area contributed by atoms with Crippen LogP contribution in [0.1, 0.15) is 50.7 Å². The first kappa shape index (κ1) is 24.3. The Kier molecular flexibility index (Phi) is 8.05. The molecule has 1 aliphatic carbocycles. The van der Waals surface area contributed by atoms with Crippen molar-refractivity contribution in [2.24, 2.45) is 5.92 Å². The number of amides is 1. The Balaban J connectivity index is 1.51. The van der Waals surface area contributed by atoms with Crippen molar-refractivity contribution in [3.63, 3.8) is 0 Å². The molecule has 0 radical (unpaired) electrons. The van der Waals surface area contributed by atoms with E-state index >= 15 is 0 Å². The summed E-state index contributed by atoms with van der Waals surface area (Å²) in [6.45, 7) is 4.95. The highest BCUT2D eigenvalue weighted by atomic mass is 16.5. The van der Waals surface area contributed by atoms with E-state index in [-0.39, 0.29) is 17.5 Å². The summed E-state index contributed by atoms with van der Waals surface area (Å²) in [4.78, 5) is 12.8. The maximum Gasteiger partial charge on any atom is 0.262 e. The van der Waals surface area contributed by atoms with E-state index in [0.29, 0.717) is 36.2 Å². The molecule has 1 fully saturated rings. The minimum atomic E-state index is -0.319. The number of nitriles is 1. The van der Waals surface area contributed by atoms with E-state index in [1.807, 2.05) is 43.3 Å². The van der Waals surface area contributed by atoms with Gasteiger partial charge in [-0.1, -0.05) is 68.3 Å². The van der Waals surface area contributed by atoms with E-state index in [9.17, 15) is 10.1 Å². The Morgan fingerprint density at radius 1 is 1.06 bits per heavy atom. The average molecular weight is 469 g/mol. The molecule has 0 heterocycles. The highest BCUT2D eigenvalue weighted by Gasteiger charge is 2.24. The lowest BCUT2D eigenvalue weighted by molar-refractivity contribution is -0.118. The maximum atomic E-state index is 12.8. The summed E-state index contributed by atoms with van der Waals surface area (Å²) in [5.41, 5.74) is 1.90.